The molecule has 6 nitrogen and oxygen atoms in total. The van der Waals surface area contributed by atoms with Crippen LogP contribution in [0.4, 0.5) is 10.4 Å². The molecule has 1 aromatic carbocycles. The number of ether oxygens (including phenoxy) is 1. The summed E-state index contributed by atoms with van der Waals surface area (Å²) in [4.78, 5) is 14.7. The van der Waals surface area contributed by atoms with Crippen LogP contribution in [0.5, 0.6) is 5.88 Å². The van der Waals surface area contributed by atoms with Gasteiger partial charge in [0.15, 0.2) is 5.58 Å². The molecule has 1 unspecified atom stereocenters. The van der Waals surface area contributed by atoms with E-state index in [1.165, 1.54) is 12.1 Å². The van der Waals surface area contributed by atoms with Crippen LogP contribution in [0.25, 0.3) is 11.1 Å². The van der Waals surface area contributed by atoms with Crippen LogP contribution in [-0.4, -0.2) is 34.6 Å². The molecule has 1 atom stereocenters. The molecule has 1 saturated heterocycles. The van der Waals surface area contributed by atoms with Crippen molar-refractivity contribution in [2.45, 2.75) is 12.8 Å². The smallest absolute Gasteiger partial charge is 0.298 e. The van der Waals surface area contributed by atoms with Gasteiger partial charge in [-0.3, -0.25) is 4.98 Å². The second kappa shape index (κ2) is 6.43. The van der Waals surface area contributed by atoms with Crippen molar-refractivity contribution in [1.82, 2.24) is 15.0 Å². The third kappa shape index (κ3) is 3.15. The lowest BCUT2D eigenvalue weighted by atomic mass is 9.99. The summed E-state index contributed by atoms with van der Waals surface area (Å²) in [6.07, 6.45) is 6.94. The van der Waals surface area contributed by atoms with E-state index >= 15 is 0 Å². The lowest BCUT2D eigenvalue weighted by Gasteiger charge is -2.31. The number of rotatable bonds is 4. The van der Waals surface area contributed by atoms with Gasteiger partial charge >= 0.3 is 0 Å². The molecule has 3 heterocycles. The van der Waals surface area contributed by atoms with E-state index in [-0.39, 0.29) is 5.82 Å². The van der Waals surface area contributed by atoms with E-state index < -0.39 is 0 Å². The van der Waals surface area contributed by atoms with Crippen LogP contribution in [0.3, 0.4) is 0 Å². The highest BCUT2D eigenvalue weighted by Gasteiger charge is 2.24. The minimum Gasteiger partial charge on any atom is -0.476 e. The summed E-state index contributed by atoms with van der Waals surface area (Å²) in [5.41, 5.74) is 1.15. The van der Waals surface area contributed by atoms with Gasteiger partial charge in [0.05, 0.1) is 12.8 Å². The van der Waals surface area contributed by atoms with Crippen molar-refractivity contribution in [2.24, 2.45) is 5.92 Å². The van der Waals surface area contributed by atoms with Crippen molar-refractivity contribution in [3.63, 3.8) is 0 Å². The highest BCUT2D eigenvalue weighted by molar-refractivity contribution is 5.74. The predicted octanol–water partition coefficient (Wildman–Crippen LogP) is 3.05. The van der Waals surface area contributed by atoms with Gasteiger partial charge < -0.3 is 14.1 Å². The molecule has 0 N–H and O–H groups in total. The fourth-order valence-corrected chi connectivity index (χ4v) is 2.96. The van der Waals surface area contributed by atoms with Gasteiger partial charge in [-0.05, 0) is 25.0 Å². The summed E-state index contributed by atoms with van der Waals surface area (Å²) in [6.45, 7) is 2.23. The molecule has 0 radical (unpaired) electrons. The van der Waals surface area contributed by atoms with Crippen LogP contribution in [0.2, 0.25) is 0 Å². The Kier molecular flexibility index (Phi) is 3.98. The molecule has 3 aromatic rings. The van der Waals surface area contributed by atoms with Gasteiger partial charge in [-0.2, -0.15) is 4.98 Å². The highest BCUT2D eigenvalue weighted by Crippen LogP contribution is 2.27. The van der Waals surface area contributed by atoms with E-state index in [4.69, 9.17) is 9.15 Å². The van der Waals surface area contributed by atoms with Crippen molar-refractivity contribution in [2.75, 3.05) is 24.6 Å². The number of hydrogen-bond donors (Lipinski definition) is 0. The maximum atomic E-state index is 13.3. The zero-order valence-corrected chi connectivity index (χ0v) is 13.1. The van der Waals surface area contributed by atoms with E-state index in [1.807, 2.05) is 0 Å². The number of fused-ring (bicyclic) bond motifs is 1. The Bertz CT molecular complexity index is 824. The first kappa shape index (κ1) is 14.9. The Hall–Kier alpha value is -2.70. The standard InChI is InChI=1S/C17H17FN4O2/c18-13-3-4-14-15(8-13)24-17(21-14)22-7-1-2-12(10-22)11-23-16-9-19-5-6-20-16/h3-6,8-9,12H,1-2,7,10-11H2. The van der Waals surface area contributed by atoms with Crippen LogP contribution in [0.1, 0.15) is 12.8 Å². The molecule has 124 valence electrons. The van der Waals surface area contributed by atoms with Crippen molar-refractivity contribution >= 4 is 17.1 Å². The quantitative estimate of drug-likeness (QED) is 0.733. The average molecular weight is 328 g/mol. The van der Waals surface area contributed by atoms with Gasteiger partial charge in [-0.25, -0.2) is 9.37 Å². The van der Waals surface area contributed by atoms with Gasteiger partial charge in [-0.15, -0.1) is 0 Å². The van der Waals surface area contributed by atoms with Gasteiger partial charge in [0, 0.05) is 37.5 Å². The minimum absolute atomic E-state index is 0.320. The number of halogens is 1. The summed E-state index contributed by atoms with van der Waals surface area (Å²) < 4.78 is 24.7. The van der Waals surface area contributed by atoms with Gasteiger partial charge in [0.1, 0.15) is 11.3 Å². The largest absolute Gasteiger partial charge is 0.476 e. The molecule has 0 spiro atoms. The third-order valence-corrected chi connectivity index (χ3v) is 4.14. The lowest BCUT2D eigenvalue weighted by molar-refractivity contribution is 0.219. The Morgan fingerprint density at radius 2 is 2.29 bits per heavy atom. The summed E-state index contributed by atoms with van der Waals surface area (Å²) >= 11 is 0. The fourth-order valence-electron chi connectivity index (χ4n) is 2.96. The first-order valence-corrected chi connectivity index (χ1v) is 7.98. The molecule has 1 aliphatic rings. The zero-order valence-electron chi connectivity index (χ0n) is 13.1. The van der Waals surface area contributed by atoms with Crippen molar-refractivity contribution in [3.05, 3.63) is 42.6 Å². The summed E-state index contributed by atoms with van der Waals surface area (Å²) in [5.74, 6) is 0.568. The SMILES string of the molecule is Fc1ccc2nc(N3CCCC(COc4cnccn4)C3)oc2c1. The van der Waals surface area contributed by atoms with Crippen LogP contribution < -0.4 is 9.64 Å². The summed E-state index contributed by atoms with van der Waals surface area (Å²) in [6, 6.07) is 4.93. The van der Waals surface area contributed by atoms with Crippen LogP contribution in [-0.2, 0) is 0 Å². The molecule has 4 rings (SSSR count). The molecular weight excluding hydrogens is 311 g/mol. The van der Waals surface area contributed by atoms with Crippen molar-refractivity contribution in [3.8, 4) is 5.88 Å². The molecule has 2 aromatic heterocycles. The molecular formula is C17H17FN4O2. The summed E-state index contributed by atoms with van der Waals surface area (Å²) in [7, 11) is 0. The van der Waals surface area contributed by atoms with Crippen molar-refractivity contribution < 1.29 is 13.5 Å². The van der Waals surface area contributed by atoms with E-state index in [9.17, 15) is 4.39 Å². The second-order valence-corrected chi connectivity index (χ2v) is 5.92. The van der Waals surface area contributed by atoms with Crippen LogP contribution in [0.15, 0.2) is 41.2 Å². The van der Waals surface area contributed by atoms with Crippen LogP contribution in [0, 0.1) is 11.7 Å². The molecule has 0 aliphatic carbocycles. The van der Waals surface area contributed by atoms with E-state index in [1.54, 1.807) is 24.7 Å². The predicted molar refractivity (Wildman–Crippen MR) is 86.4 cm³/mol. The van der Waals surface area contributed by atoms with Gasteiger partial charge in [-0.1, -0.05) is 0 Å². The van der Waals surface area contributed by atoms with E-state index in [2.05, 4.69) is 19.9 Å². The molecule has 24 heavy (non-hydrogen) atoms. The van der Waals surface area contributed by atoms with E-state index in [0.717, 1.165) is 25.9 Å². The maximum absolute atomic E-state index is 13.3. The Morgan fingerprint density at radius 1 is 1.33 bits per heavy atom. The molecule has 0 amide bonds. The number of nitrogens with zero attached hydrogens (tertiary/aromatic N) is 4. The monoisotopic (exact) mass is 328 g/mol. The first-order valence-electron chi connectivity index (χ1n) is 7.98. The molecule has 7 heteroatoms. The topological polar surface area (TPSA) is 64.3 Å². The van der Waals surface area contributed by atoms with Crippen LogP contribution >= 0.6 is 0 Å². The minimum atomic E-state index is -0.320. The van der Waals surface area contributed by atoms with E-state index in [0.29, 0.717) is 35.5 Å². The normalized spacial score (nSPS) is 18.0. The van der Waals surface area contributed by atoms with Gasteiger partial charge in [0.2, 0.25) is 5.88 Å². The fraction of sp³-hybridized carbons (Fsp3) is 0.353. The Balaban J connectivity index is 1.43. The lowest BCUT2D eigenvalue weighted by Crippen LogP contribution is -2.38. The molecule has 0 bridgehead atoms. The number of aromatic nitrogens is 3. The first-order chi connectivity index (χ1) is 11.8. The Morgan fingerprint density at radius 3 is 3.17 bits per heavy atom. The number of benzene rings is 1. The number of piperidine rings is 1. The summed E-state index contributed by atoms with van der Waals surface area (Å²) in [5, 5.41) is 0. The van der Waals surface area contributed by atoms with Crippen molar-refractivity contribution in [1.29, 1.82) is 0 Å². The third-order valence-electron chi connectivity index (χ3n) is 4.14. The Labute approximate surface area is 138 Å². The molecule has 0 saturated carbocycles. The number of hydrogen-bond acceptors (Lipinski definition) is 6. The zero-order chi connectivity index (χ0) is 16.4. The van der Waals surface area contributed by atoms with Gasteiger partial charge in [0.25, 0.3) is 6.01 Å². The second-order valence-electron chi connectivity index (χ2n) is 5.92. The molecule has 1 aliphatic heterocycles. The number of anilines is 1. The highest BCUT2D eigenvalue weighted by atomic mass is 19.1. The average Bonchev–Trinajstić information content (AvgIpc) is 3.04. The maximum Gasteiger partial charge on any atom is 0.298 e. The molecule has 1 fully saturated rings. The number of oxazole rings is 1.